The smallest absolute Gasteiger partial charge is 0.240 e. The van der Waals surface area contributed by atoms with Crippen molar-refractivity contribution in [2.75, 3.05) is 12.8 Å². The van der Waals surface area contributed by atoms with Crippen LogP contribution in [0, 0.1) is 0 Å². The second kappa shape index (κ2) is 6.19. The van der Waals surface area contributed by atoms with Crippen molar-refractivity contribution in [2.24, 2.45) is 5.73 Å². The number of aliphatic hydroxyl groups is 1. The minimum atomic E-state index is -3.79. The van der Waals surface area contributed by atoms with Crippen molar-refractivity contribution in [3.8, 4) is 0 Å². The Bertz CT molecular complexity index is 651. The molecular weight excluding hydrogens is 304 g/mol. The summed E-state index contributed by atoms with van der Waals surface area (Å²) in [5.41, 5.74) is 5.53. The number of sulfone groups is 1. The van der Waals surface area contributed by atoms with Gasteiger partial charge in [0.25, 0.3) is 0 Å². The molecule has 0 saturated heterocycles. The van der Waals surface area contributed by atoms with Gasteiger partial charge in [0.15, 0.2) is 9.84 Å². The average molecular weight is 322 g/mol. The number of benzene rings is 1. The van der Waals surface area contributed by atoms with Crippen molar-refractivity contribution in [3.05, 3.63) is 24.3 Å². The van der Waals surface area contributed by atoms with E-state index in [-0.39, 0.29) is 16.3 Å². The molecule has 1 aromatic rings. The maximum atomic E-state index is 11.9. The Balaban J connectivity index is 2.89. The molecule has 2 unspecified atom stereocenters. The molecule has 4 N–H and O–H groups in total. The molecule has 20 heavy (non-hydrogen) atoms. The van der Waals surface area contributed by atoms with Gasteiger partial charge in [0, 0.05) is 18.8 Å². The third-order valence-corrected chi connectivity index (χ3v) is 5.26. The molecule has 0 aliphatic heterocycles. The molecule has 9 heteroatoms. The number of nitrogens with two attached hydrogens (primary N) is 1. The van der Waals surface area contributed by atoms with Gasteiger partial charge in [0.05, 0.1) is 15.9 Å². The molecular formula is C11H18N2O5S2. The third-order valence-electron chi connectivity index (χ3n) is 2.69. The summed E-state index contributed by atoms with van der Waals surface area (Å²) in [6.45, 7) is 1.34. The molecule has 0 aliphatic rings. The van der Waals surface area contributed by atoms with Crippen LogP contribution in [-0.4, -0.2) is 46.9 Å². The highest BCUT2D eigenvalue weighted by Crippen LogP contribution is 2.14. The monoisotopic (exact) mass is 322 g/mol. The maximum Gasteiger partial charge on any atom is 0.240 e. The van der Waals surface area contributed by atoms with Crippen LogP contribution in [0.15, 0.2) is 34.1 Å². The molecule has 0 spiro atoms. The Hall–Kier alpha value is -1.00. The second-order valence-electron chi connectivity index (χ2n) is 4.50. The molecule has 1 rings (SSSR count). The van der Waals surface area contributed by atoms with E-state index >= 15 is 0 Å². The van der Waals surface area contributed by atoms with Gasteiger partial charge in [-0.1, -0.05) is 0 Å². The van der Waals surface area contributed by atoms with Crippen LogP contribution in [0.3, 0.4) is 0 Å². The molecule has 0 aromatic heterocycles. The Morgan fingerprint density at radius 2 is 1.60 bits per heavy atom. The van der Waals surface area contributed by atoms with Crippen molar-refractivity contribution < 1.29 is 21.9 Å². The number of aliphatic hydroxyl groups excluding tert-OH is 1. The van der Waals surface area contributed by atoms with E-state index in [1.165, 1.54) is 31.2 Å². The lowest BCUT2D eigenvalue weighted by molar-refractivity contribution is 0.164. The normalized spacial score (nSPS) is 15.8. The maximum absolute atomic E-state index is 11.9. The highest BCUT2D eigenvalue weighted by atomic mass is 32.2. The summed E-state index contributed by atoms with van der Waals surface area (Å²) in [7, 11) is -7.16. The van der Waals surface area contributed by atoms with E-state index < -0.39 is 32.0 Å². The van der Waals surface area contributed by atoms with Crippen molar-refractivity contribution in [2.45, 2.75) is 28.9 Å². The fourth-order valence-electron chi connectivity index (χ4n) is 1.33. The molecule has 2 atom stereocenters. The first-order valence-corrected chi connectivity index (χ1v) is 9.15. The van der Waals surface area contributed by atoms with Gasteiger partial charge in [-0.25, -0.2) is 21.6 Å². The predicted octanol–water partition coefficient (Wildman–Crippen LogP) is -0.923. The van der Waals surface area contributed by atoms with E-state index in [9.17, 15) is 21.9 Å². The third kappa shape index (κ3) is 4.53. The minimum absolute atomic E-state index is 0.0390. The summed E-state index contributed by atoms with van der Waals surface area (Å²) < 4.78 is 48.6. The van der Waals surface area contributed by atoms with Gasteiger partial charge < -0.3 is 10.8 Å². The standard InChI is InChI=1S/C11H18N2O5S2/c1-8(14)11(12)7-13-20(17,18)10-5-3-9(4-6-10)19(2,15)16/h3-6,8,11,13-14H,7,12H2,1-2H3. The SMILES string of the molecule is CC(O)C(N)CNS(=O)(=O)c1ccc(S(C)(=O)=O)cc1. The Morgan fingerprint density at radius 1 is 1.15 bits per heavy atom. The Morgan fingerprint density at radius 3 is 2.00 bits per heavy atom. The summed E-state index contributed by atoms with van der Waals surface area (Å²) in [5.74, 6) is 0. The lowest BCUT2D eigenvalue weighted by Crippen LogP contribution is -2.43. The number of nitrogens with one attached hydrogen (secondary N) is 1. The van der Waals surface area contributed by atoms with Crippen LogP contribution in [0.4, 0.5) is 0 Å². The summed E-state index contributed by atoms with van der Waals surface area (Å²) in [5, 5.41) is 9.19. The van der Waals surface area contributed by atoms with Crippen LogP contribution < -0.4 is 10.5 Å². The summed E-state index contributed by atoms with van der Waals surface area (Å²) in [6, 6.07) is 4.12. The van der Waals surface area contributed by atoms with E-state index in [2.05, 4.69) is 4.72 Å². The fraction of sp³-hybridized carbons (Fsp3) is 0.455. The van der Waals surface area contributed by atoms with Gasteiger partial charge >= 0.3 is 0 Å². The quantitative estimate of drug-likeness (QED) is 0.621. The van der Waals surface area contributed by atoms with Gasteiger partial charge in [0.2, 0.25) is 10.0 Å². The zero-order valence-electron chi connectivity index (χ0n) is 11.1. The summed E-state index contributed by atoms with van der Waals surface area (Å²) >= 11 is 0. The molecule has 0 heterocycles. The number of rotatable bonds is 6. The molecule has 0 fully saturated rings. The van der Waals surface area contributed by atoms with Crippen LogP contribution in [0.25, 0.3) is 0 Å². The fourth-order valence-corrected chi connectivity index (χ4v) is 3.03. The number of hydrogen-bond acceptors (Lipinski definition) is 6. The van der Waals surface area contributed by atoms with Gasteiger partial charge in [-0.2, -0.15) is 0 Å². The summed E-state index contributed by atoms with van der Waals surface area (Å²) in [4.78, 5) is -0.0279. The van der Waals surface area contributed by atoms with Gasteiger partial charge in [0.1, 0.15) is 0 Å². The molecule has 0 radical (unpaired) electrons. The first-order valence-electron chi connectivity index (χ1n) is 5.77. The second-order valence-corrected chi connectivity index (χ2v) is 8.28. The van der Waals surface area contributed by atoms with E-state index in [0.29, 0.717) is 0 Å². The Labute approximate surface area is 118 Å². The van der Waals surface area contributed by atoms with E-state index in [4.69, 9.17) is 5.73 Å². The lowest BCUT2D eigenvalue weighted by Gasteiger charge is -2.15. The topological polar surface area (TPSA) is 127 Å². The Kier molecular flexibility index (Phi) is 5.27. The zero-order valence-corrected chi connectivity index (χ0v) is 12.8. The first kappa shape index (κ1) is 17.1. The van der Waals surface area contributed by atoms with Crippen molar-refractivity contribution in [1.29, 1.82) is 0 Å². The average Bonchev–Trinajstić information content (AvgIpc) is 2.35. The van der Waals surface area contributed by atoms with Gasteiger partial charge in [-0.15, -0.1) is 0 Å². The highest BCUT2D eigenvalue weighted by molar-refractivity contribution is 7.90. The number of sulfonamides is 1. The van der Waals surface area contributed by atoms with Crippen LogP contribution >= 0.6 is 0 Å². The number of hydrogen-bond donors (Lipinski definition) is 3. The summed E-state index contributed by atoms with van der Waals surface area (Å²) in [6.07, 6.45) is 0.196. The van der Waals surface area contributed by atoms with Crippen LogP contribution in [0.2, 0.25) is 0 Å². The van der Waals surface area contributed by atoms with E-state index in [0.717, 1.165) is 6.26 Å². The molecule has 0 saturated carbocycles. The molecule has 0 amide bonds. The predicted molar refractivity (Wildman–Crippen MR) is 74.4 cm³/mol. The van der Waals surface area contributed by atoms with Crippen LogP contribution in [0.1, 0.15) is 6.92 Å². The molecule has 7 nitrogen and oxygen atoms in total. The molecule has 0 aliphatic carbocycles. The molecule has 0 bridgehead atoms. The van der Waals surface area contributed by atoms with Gasteiger partial charge in [-0.3, -0.25) is 0 Å². The largest absolute Gasteiger partial charge is 0.392 e. The zero-order chi connectivity index (χ0) is 15.6. The van der Waals surface area contributed by atoms with Crippen LogP contribution in [-0.2, 0) is 19.9 Å². The minimum Gasteiger partial charge on any atom is -0.392 e. The van der Waals surface area contributed by atoms with Crippen molar-refractivity contribution in [3.63, 3.8) is 0 Å². The molecule has 1 aromatic carbocycles. The lowest BCUT2D eigenvalue weighted by atomic mass is 10.2. The van der Waals surface area contributed by atoms with E-state index in [1.54, 1.807) is 0 Å². The molecule has 114 valence electrons. The van der Waals surface area contributed by atoms with Crippen molar-refractivity contribution in [1.82, 2.24) is 4.72 Å². The highest BCUT2D eigenvalue weighted by Gasteiger charge is 2.18. The van der Waals surface area contributed by atoms with Gasteiger partial charge in [-0.05, 0) is 31.2 Å². The van der Waals surface area contributed by atoms with Crippen molar-refractivity contribution >= 4 is 19.9 Å². The first-order chi connectivity index (χ1) is 9.04. The van der Waals surface area contributed by atoms with Crippen LogP contribution in [0.5, 0.6) is 0 Å². The van der Waals surface area contributed by atoms with E-state index in [1.807, 2.05) is 0 Å².